The number of hydrogen-bond donors (Lipinski definition) is 0. The third-order valence-electron chi connectivity index (χ3n) is 5.70. The normalized spacial score (nSPS) is 13.7. The lowest BCUT2D eigenvalue weighted by Crippen LogP contribution is -2.33. The number of likely N-dealkylation sites (N-methyl/N-ethyl adjacent to an activating group) is 1. The van der Waals surface area contributed by atoms with E-state index in [9.17, 15) is 9.59 Å². The van der Waals surface area contributed by atoms with Crippen LogP contribution in [-0.4, -0.2) is 35.3 Å². The van der Waals surface area contributed by atoms with Gasteiger partial charge in [-0.05, 0) is 34.7 Å². The number of carbonyl (C=O) groups excluding carboxylic acids is 2. The fraction of sp³-hybridized carbons (Fsp3) is 0.241. The highest BCUT2D eigenvalue weighted by molar-refractivity contribution is 6.35. The van der Waals surface area contributed by atoms with E-state index < -0.39 is 0 Å². The van der Waals surface area contributed by atoms with E-state index >= 15 is 0 Å². The predicted molar refractivity (Wildman–Crippen MR) is 134 cm³/mol. The quantitative estimate of drug-likeness (QED) is 0.421. The third kappa shape index (κ3) is 5.20. The first kappa shape index (κ1) is 23.3. The Labute approximate surface area is 201 Å². The van der Waals surface area contributed by atoms with Gasteiger partial charge in [-0.3, -0.25) is 14.5 Å². The molecule has 0 fully saturated rings. The summed E-state index contributed by atoms with van der Waals surface area (Å²) in [7, 11) is 1.86. The van der Waals surface area contributed by atoms with Crippen LogP contribution in [0.2, 0.25) is 0 Å². The molecule has 0 saturated heterocycles. The number of rotatable bonds is 9. The molecule has 0 bridgehead atoms. The van der Waals surface area contributed by atoms with E-state index in [-0.39, 0.29) is 18.4 Å². The third-order valence-corrected chi connectivity index (χ3v) is 5.70. The van der Waals surface area contributed by atoms with Crippen molar-refractivity contribution in [3.63, 3.8) is 0 Å². The first-order valence-electron chi connectivity index (χ1n) is 11.6. The number of benzene rings is 3. The maximum absolute atomic E-state index is 13.6. The van der Waals surface area contributed by atoms with E-state index in [0.29, 0.717) is 35.9 Å². The second kappa shape index (κ2) is 10.4. The number of carbonyl (C=O) groups is 2. The Kier molecular flexibility index (Phi) is 7.12. The summed E-state index contributed by atoms with van der Waals surface area (Å²) >= 11 is 0. The maximum Gasteiger partial charge on any atom is 0.278 e. The molecular formula is C29H30N2O3. The summed E-state index contributed by atoms with van der Waals surface area (Å²) in [5.41, 5.74) is 3.53. The van der Waals surface area contributed by atoms with Crippen molar-refractivity contribution < 1.29 is 14.3 Å². The molecule has 4 rings (SSSR count). The SMILES string of the molecule is CC(C)COc1ccc(C2=C(N(C)Cc3ccccc3)C(=O)N(Cc3ccccc3)C2=O)cc1. The molecule has 34 heavy (non-hydrogen) atoms. The van der Waals surface area contributed by atoms with E-state index in [2.05, 4.69) is 13.8 Å². The van der Waals surface area contributed by atoms with Crippen LogP contribution in [0.4, 0.5) is 0 Å². The molecule has 5 nitrogen and oxygen atoms in total. The van der Waals surface area contributed by atoms with Gasteiger partial charge in [-0.15, -0.1) is 0 Å². The van der Waals surface area contributed by atoms with Crippen molar-refractivity contribution in [2.24, 2.45) is 5.92 Å². The van der Waals surface area contributed by atoms with Crippen LogP contribution in [0.3, 0.4) is 0 Å². The van der Waals surface area contributed by atoms with Gasteiger partial charge in [0.1, 0.15) is 11.4 Å². The number of ether oxygens (including phenoxy) is 1. The van der Waals surface area contributed by atoms with Crippen LogP contribution in [0.5, 0.6) is 5.75 Å². The van der Waals surface area contributed by atoms with Gasteiger partial charge in [0.2, 0.25) is 0 Å². The van der Waals surface area contributed by atoms with Crippen LogP contribution in [0.15, 0.2) is 90.6 Å². The van der Waals surface area contributed by atoms with Crippen LogP contribution >= 0.6 is 0 Å². The lowest BCUT2D eigenvalue weighted by atomic mass is 10.0. The smallest absolute Gasteiger partial charge is 0.278 e. The molecule has 3 aromatic rings. The van der Waals surface area contributed by atoms with Crippen molar-refractivity contribution in [3.05, 3.63) is 107 Å². The molecular weight excluding hydrogens is 424 g/mol. The molecule has 3 aromatic carbocycles. The highest BCUT2D eigenvalue weighted by Gasteiger charge is 2.40. The van der Waals surface area contributed by atoms with Crippen molar-refractivity contribution >= 4 is 17.4 Å². The molecule has 0 N–H and O–H groups in total. The maximum atomic E-state index is 13.6. The first-order valence-corrected chi connectivity index (χ1v) is 11.6. The first-order chi connectivity index (χ1) is 16.4. The largest absolute Gasteiger partial charge is 0.493 e. The Balaban J connectivity index is 1.67. The van der Waals surface area contributed by atoms with Crippen LogP contribution in [0.25, 0.3) is 5.57 Å². The fourth-order valence-electron chi connectivity index (χ4n) is 4.00. The second-order valence-corrected chi connectivity index (χ2v) is 8.98. The zero-order chi connectivity index (χ0) is 24.1. The summed E-state index contributed by atoms with van der Waals surface area (Å²) in [5.74, 6) is 0.610. The molecule has 174 valence electrons. The van der Waals surface area contributed by atoms with E-state index in [1.807, 2.05) is 96.9 Å². The molecule has 0 atom stereocenters. The Morgan fingerprint density at radius 3 is 1.97 bits per heavy atom. The minimum Gasteiger partial charge on any atom is -0.493 e. The van der Waals surface area contributed by atoms with Crippen LogP contribution in [-0.2, 0) is 22.7 Å². The Bertz CT molecular complexity index is 1170. The summed E-state index contributed by atoms with van der Waals surface area (Å²) < 4.78 is 5.80. The molecule has 0 unspecified atom stereocenters. The van der Waals surface area contributed by atoms with Gasteiger partial charge in [-0.2, -0.15) is 0 Å². The zero-order valence-electron chi connectivity index (χ0n) is 19.9. The molecule has 1 aliphatic heterocycles. The van der Waals surface area contributed by atoms with Crippen LogP contribution < -0.4 is 4.74 Å². The lowest BCUT2D eigenvalue weighted by Gasteiger charge is -2.21. The molecule has 1 heterocycles. The minimum atomic E-state index is -0.278. The highest BCUT2D eigenvalue weighted by Crippen LogP contribution is 2.33. The molecule has 0 saturated carbocycles. The number of imide groups is 1. The summed E-state index contributed by atoms with van der Waals surface area (Å²) in [4.78, 5) is 30.4. The van der Waals surface area contributed by atoms with E-state index in [0.717, 1.165) is 16.9 Å². The Morgan fingerprint density at radius 1 is 0.794 bits per heavy atom. The average molecular weight is 455 g/mol. The summed E-state index contributed by atoms with van der Waals surface area (Å²) in [6.07, 6.45) is 0. The van der Waals surface area contributed by atoms with Gasteiger partial charge in [0.25, 0.3) is 11.8 Å². The molecule has 0 aromatic heterocycles. The second-order valence-electron chi connectivity index (χ2n) is 8.98. The summed E-state index contributed by atoms with van der Waals surface area (Å²) in [6, 6.07) is 27.0. The molecule has 0 radical (unpaired) electrons. The van der Waals surface area contributed by atoms with Gasteiger partial charge in [-0.25, -0.2) is 0 Å². The van der Waals surface area contributed by atoms with Gasteiger partial charge >= 0.3 is 0 Å². The van der Waals surface area contributed by atoms with Crippen molar-refractivity contribution in [1.29, 1.82) is 0 Å². The van der Waals surface area contributed by atoms with E-state index in [1.165, 1.54) is 4.90 Å². The number of amides is 2. The summed E-state index contributed by atoms with van der Waals surface area (Å²) in [5, 5.41) is 0. The van der Waals surface area contributed by atoms with Gasteiger partial charge in [0.15, 0.2) is 0 Å². The zero-order valence-corrected chi connectivity index (χ0v) is 19.9. The molecule has 2 amide bonds. The number of nitrogens with zero attached hydrogens (tertiary/aromatic N) is 2. The predicted octanol–water partition coefficient (Wildman–Crippen LogP) is 5.13. The van der Waals surface area contributed by atoms with Crippen molar-refractivity contribution in [1.82, 2.24) is 9.80 Å². The Hall–Kier alpha value is -3.86. The van der Waals surface area contributed by atoms with Crippen molar-refractivity contribution in [3.8, 4) is 5.75 Å². The van der Waals surface area contributed by atoms with Crippen molar-refractivity contribution in [2.75, 3.05) is 13.7 Å². The standard InChI is InChI=1S/C29H30N2O3/c1-21(2)20-34-25-16-14-24(15-17-25)26-27(30(3)18-22-10-6-4-7-11-22)29(33)31(28(26)32)19-23-12-8-5-9-13-23/h4-17,21H,18-20H2,1-3H3. The van der Waals surface area contributed by atoms with Gasteiger partial charge in [0.05, 0.1) is 18.7 Å². The highest BCUT2D eigenvalue weighted by atomic mass is 16.5. The molecule has 5 heteroatoms. The fourth-order valence-corrected chi connectivity index (χ4v) is 4.00. The number of hydrogen-bond acceptors (Lipinski definition) is 4. The lowest BCUT2D eigenvalue weighted by molar-refractivity contribution is -0.138. The topological polar surface area (TPSA) is 49.9 Å². The van der Waals surface area contributed by atoms with Gasteiger partial charge in [-0.1, -0.05) is 86.6 Å². The average Bonchev–Trinajstić information content (AvgIpc) is 3.09. The van der Waals surface area contributed by atoms with E-state index in [4.69, 9.17) is 4.74 Å². The monoisotopic (exact) mass is 454 g/mol. The van der Waals surface area contributed by atoms with E-state index in [1.54, 1.807) is 0 Å². The summed E-state index contributed by atoms with van der Waals surface area (Å²) in [6.45, 7) is 5.57. The van der Waals surface area contributed by atoms with Crippen molar-refractivity contribution in [2.45, 2.75) is 26.9 Å². The van der Waals surface area contributed by atoms with Crippen LogP contribution in [0, 0.1) is 5.92 Å². The minimum absolute atomic E-state index is 0.236. The van der Waals surface area contributed by atoms with Crippen LogP contribution in [0.1, 0.15) is 30.5 Å². The molecule has 1 aliphatic rings. The van der Waals surface area contributed by atoms with Gasteiger partial charge < -0.3 is 9.64 Å². The van der Waals surface area contributed by atoms with Gasteiger partial charge in [0, 0.05) is 13.6 Å². The Morgan fingerprint density at radius 2 is 1.38 bits per heavy atom. The molecule has 0 aliphatic carbocycles. The molecule has 0 spiro atoms.